The van der Waals surface area contributed by atoms with Gasteiger partial charge in [0.05, 0.1) is 0 Å². The second kappa shape index (κ2) is 5.36. The van der Waals surface area contributed by atoms with E-state index in [9.17, 15) is 0 Å². The van der Waals surface area contributed by atoms with Gasteiger partial charge >= 0.3 is 0 Å². The molecule has 0 aliphatic carbocycles. The summed E-state index contributed by atoms with van der Waals surface area (Å²) < 4.78 is 5.09. The number of nitrogens with zero attached hydrogens (tertiary/aromatic N) is 3. The first-order chi connectivity index (χ1) is 8.86. The number of rotatable bonds is 4. The summed E-state index contributed by atoms with van der Waals surface area (Å²) >= 11 is 0. The Labute approximate surface area is 108 Å². The van der Waals surface area contributed by atoms with Gasteiger partial charge in [0.15, 0.2) is 6.33 Å². The largest absolute Gasteiger partial charge is 0.340 e. The fourth-order valence-corrected chi connectivity index (χ4v) is 3.61. The summed E-state index contributed by atoms with van der Waals surface area (Å²) in [5, 5.41) is 7.12. The van der Waals surface area contributed by atoms with Crippen molar-refractivity contribution in [1.29, 1.82) is 0 Å². The summed E-state index contributed by atoms with van der Waals surface area (Å²) in [6.45, 7) is 1.06. The summed E-state index contributed by atoms with van der Waals surface area (Å²) in [4.78, 5) is 6.79. The molecule has 5 nitrogen and oxygen atoms in total. The molecule has 0 saturated carbocycles. The third kappa shape index (κ3) is 2.42. The maximum absolute atomic E-state index is 5.09. The quantitative estimate of drug-likeness (QED) is 0.870. The molecule has 2 fully saturated rings. The van der Waals surface area contributed by atoms with Crippen LogP contribution in [0.5, 0.6) is 0 Å². The summed E-state index contributed by atoms with van der Waals surface area (Å²) in [6, 6.07) is 2.20. The van der Waals surface area contributed by atoms with Crippen LogP contribution in [0.3, 0.4) is 0 Å². The normalized spacial score (nSPS) is 32.6. The van der Waals surface area contributed by atoms with Gasteiger partial charge in [-0.2, -0.15) is 4.98 Å². The van der Waals surface area contributed by atoms with Gasteiger partial charge in [-0.25, -0.2) is 0 Å². The smallest absolute Gasteiger partial charge is 0.227 e. The van der Waals surface area contributed by atoms with Crippen LogP contribution in [-0.4, -0.2) is 46.8 Å². The number of fused-ring (bicyclic) bond motifs is 2. The molecule has 2 unspecified atom stereocenters. The van der Waals surface area contributed by atoms with Crippen molar-refractivity contribution < 1.29 is 4.52 Å². The van der Waals surface area contributed by atoms with Crippen molar-refractivity contribution in [2.75, 3.05) is 13.6 Å². The van der Waals surface area contributed by atoms with Crippen LogP contribution in [0.1, 0.15) is 38.0 Å². The highest BCUT2D eigenvalue weighted by molar-refractivity contribution is 4.95. The van der Waals surface area contributed by atoms with Gasteiger partial charge in [-0.3, -0.25) is 4.90 Å². The average Bonchev–Trinajstić information content (AvgIpc) is 2.88. The molecule has 2 atom stereocenters. The van der Waals surface area contributed by atoms with Gasteiger partial charge in [0, 0.05) is 31.1 Å². The van der Waals surface area contributed by atoms with E-state index in [1.54, 1.807) is 0 Å². The lowest BCUT2D eigenvalue weighted by Gasteiger charge is -2.48. The van der Waals surface area contributed by atoms with Crippen molar-refractivity contribution in [2.45, 2.75) is 56.7 Å². The Kier molecular flexibility index (Phi) is 3.61. The van der Waals surface area contributed by atoms with Crippen molar-refractivity contribution in [3.63, 3.8) is 0 Å². The van der Waals surface area contributed by atoms with Crippen molar-refractivity contribution in [2.24, 2.45) is 0 Å². The van der Waals surface area contributed by atoms with Crippen molar-refractivity contribution in [3.8, 4) is 0 Å². The third-order valence-corrected chi connectivity index (χ3v) is 4.52. The molecule has 2 aliphatic heterocycles. The molecule has 18 heavy (non-hydrogen) atoms. The minimum absolute atomic E-state index is 0.708. The SMILES string of the molecule is CNC1CC2CCCC(C1)N2CCc1ncno1. The molecule has 0 spiro atoms. The topological polar surface area (TPSA) is 54.2 Å². The van der Waals surface area contributed by atoms with Gasteiger partial charge in [-0.1, -0.05) is 11.6 Å². The zero-order chi connectivity index (χ0) is 12.4. The summed E-state index contributed by atoms with van der Waals surface area (Å²) in [5.74, 6) is 0.767. The molecular formula is C13H22N4O. The van der Waals surface area contributed by atoms with E-state index in [2.05, 4.69) is 27.4 Å². The van der Waals surface area contributed by atoms with Crippen molar-refractivity contribution >= 4 is 0 Å². The molecular weight excluding hydrogens is 228 g/mol. The highest BCUT2D eigenvalue weighted by atomic mass is 16.5. The number of aromatic nitrogens is 2. The fraction of sp³-hybridized carbons (Fsp3) is 0.846. The van der Waals surface area contributed by atoms with Gasteiger partial charge in [-0.15, -0.1) is 0 Å². The molecule has 0 aromatic carbocycles. The molecule has 1 aromatic rings. The van der Waals surface area contributed by atoms with E-state index >= 15 is 0 Å². The molecule has 5 heteroatoms. The number of nitrogens with one attached hydrogen (secondary N) is 1. The lowest BCUT2D eigenvalue weighted by atomic mass is 9.81. The van der Waals surface area contributed by atoms with Gasteiger partial charge in [0.1, 0.15) is 0 Å². The first kappa shape index (κ1) is 12.1. The van der Waals surface area contributed by atoms with Crippen LogP contribution in [0, 0.1) is 0 Å². The Balaban J connectivity index is 1.61. The Hall–Kier alpha value is -0.940. The predicted octanol–water partition coefficient (Wildman–Crippen LogP) is 1.22. The summed E-state index contributed by atoms with van der Waals surface area (Å²) in [6.07, 6.45) is 9.04. The molecule has 3 heterocycles. The van der Waals surface area contributed by atoms with Crippen LogP contribution in [0.25, 0.3) is 0 Å². The molecule has 0 amide bonds. The van der Waals surface area contributed by atoms with Crippen LogP contribution >= 0.6 is 0 Å². The summed E-state index contributed by atoms with van der Waals surface area (Å²) in [5.41, 5.74) is 0. The molecule has 1 N–H and O–H groups in total. The van der Waals surface area contributed by atoms with E-state index in [0.29, 0.717) is 6.04 Å². The monoisotopic (exact) mass is 250 g/mol. The van der Waals surface area contributed by atoms with E-state index in [1.807, 2.05) is 0 Å². The zero-order valence-electron chi connectivity index (χ0n) is 11.0. The first-order valence-electron chi connectivity index (χ1n) is 7.05. The molecule has 2 bridgehead atoms. The minimum atomic E-state index is 0.708. The molecule has 3 rings (SSSR count). The second-order valence-electron chi connectivity index (χ2n) is 5.52. The Bertz CT molecular complexity index is 353. The number of piperidine rings is 2. The van der Waals surface area contributed by atoms with E-state index < -0.39 is 0 Å². The fourth-order valence-electron chi connectivity index (χ4n) is 3.61. The Morgan fingerprint density at radius 1 is 1.39 bits per heavy atom. The second-order valence-corrected chi connectivity index (χ2v) is 5.52. The highest BCUT2D eigenvalue weighted by Crippen LogP contribution is 2.33. The molecule has 2 aliphatic rings. The average molecular weight is 250 g/mol. The minimum Gasteiger partial charge on any atom is -0.340 e. The van der Waals surface area contributed by atoms with Crippen LogP contribution in [0.15, 0.2) is 10.9 Å². The summed E-state index contributed by atoms with van der Waals surface area (Å²) in [7, 11) is 2.09. The van der Waals surface area contributed by atoms with E-state index in [4.69, 9.17) is 4.52 Å². The number of hydrogen-bond acceptors (Lipinski definition) is 5. The highest BCUT2D eigenvalue weighted by Gasteiger charge is 2.37. The maximum Gasteiger partial charge on any atom is 0.227 e. The van der Waals surface area contributed by atoms with E-state index in [0.717, 1.165) is 30.9 Å². The Morgan fingerprint density at radius 2 is 2.17 bits per heavy atom. The van der Waals surface area contributed by atoms with E-state index in [1.165, 1.54) is 38.4 Å². The first-order valence-corrected chi connectivity index (χ1v) is 7.05. The lowest BCUT2D eigenvalue weighted by molar-refractivity contribution is 0.0255. The van der Waals surface area contributed by atoms with Crippen molar-refractivity contribution in [3.05, 3.63) is 12.2 Å². The van der Waals surface area contributed by atoms with Gasteiger partial charge in [0.2, 0.25) is 5.89 Å². The molecule has 1 aromatic heterocycles. The van der Waals surface area contributed by atoms with Crippen LogP contribution in [0.4, 0.5) is 0 Å². The van der Waals surface area contributed by atoms with Crippen LogP contribution in [0.2, 0.25) is 0 Å². The molecule has 100 valence electrons. The lowest BCUT2D eigenvalue weighted by Crippen LogP contribution is -2.56. The van der Waals surface area contributed by atoms with Crippen molar-refractivity contribution in [1.82, 2.24) is 20.4 Å². The van der Waals surface area contributed by atoms with Crippen LogP contribution < -0.4 is 5.32 Å². The van der Waals surface area contributed by atoms with Gasteiger partial charge in [0.25, 0.3) is 0 Å². The maximum atomic E-state index is 5.09. The van der Waals surface area contributed by atoms with Gasteiger partial charge in [-0.05, 0) is 32.7 Å². The van der Waals surface area contributed by atoms with Crippen LogP contribution in [-0.2, 0) is 6.42 Å². The Morgan fingerprint density at radius 3 is 2.78 bits per heavy atom. The predicted molar refractivity (Wildman–Crippen MR) is 68.2 cm³/mol. The third-order valence-electron chi connectivity index (χ3n) is 4.52. The van der Waals surface area contributed by atoms with Gasteiger partial charge < -0.3 is 9.84 Å². The van der Waals surface area contributed by atoms with E-state index in [-0.39, 0.29) is 0 Å². The molecule has 2 saturated heterocycles. The standard InChI is InChI=1S/C13H22N4O/c1-14-10-7-11-3-2-4-12(8-10)17(11)6-5-13-15-9-16-18-13/h9-12,14H,2-8H2,1H3. The molecule has 0 radical (unpaired) electrons. The number of hydrogen-bond donors (Lipinski definition) is 1. The zero-order valence-corrected chi connectivity index (χ0v) is 11.0.